The number of halogens is 1. The van der Waals surface area contributed by atoms with Gasteiger partial charge in [0.1, 0.15) is 0 Å². The minimum absolute atomic E-state index is 0.0286. The van der Waals surface area contributed by atoms with Gasteiger partial charge < -0.3 is 0 Å². The fourth-order valence-corrected chi connectivity index (χ4v) is 1.97. The normalized spacial score (nSPS) is 14.5. The molecule has 0 atom stereocenters. The SMILES string of the molecule is O=C1C=c2cc(S(=O)(=O)Cl)ccc2=N1. The Labute approximate surface area is 84.0 Å². The predicted molar refractivity (Wildman–Crippen MR) is 49.7 cm³/mol. The first-order valence-corrected chi connectivity index (χ1v) is 5.97. The van der Waals surface area contributed by atoms with Gasteiger partial charge in [0.25, 0.3) is 15.0 Å². The van der Waals surface area contributed by atoms with E-state index in [1.807, 2.05) is 0 Å². The Morgan fingerprint density at radius 1 is 1.29 bits per heavy atom. The van der Waals surface area contributed by atoms with Crippen molar-refractivity contribution in [1.29, 1.82) is 0 Å². The molecule has 14 heavy (non-hydrogen) atoms. The molecule has 6 heteroatoms. The second kappa shape index (κ2) is 2.90. The maximum atomic E-state index is 11.0. The molecule has 1 aliphatic rings. The maximum absolute atomic E-state index is 11.0. The molecule has 1 aromatic carbocycles. The fraction of sp³-hybridized carbons (Fsp3) is 0. The minimum Gasteiger partial charge on any atom is -0.267 e. The largest absolute Gasteiger partial charge is 0.270 e. The van der Waals surface area contributed by atoms with E-state index in [1.54, 1.807) is 0 Å². The third-order valence-corrected chi connectivity index (χ3v) is 3.14. The molecule has 0 radical (unpaired) electrons. The predicted octanol–water partition coefficient (Wildman–Crippen LogP) is -0.446. The number of amides is 1. The summed E-state index contributed by atoms with van der Waals surface area (Å²) >= 11 is 0. The van der Waals surface area contributed by atoms with Gasteiger partial charge in [0.2, 0.25) is 0 Å². The lowest BCUT2D eigenvalue weighted by atomic mass is 10.3. The molecule has 0 fully saturated rings. The lowest BCUT2D eigenvalue weighted by Gasteiger charge is -1.92. The summed E-state index contributed by atoms with van der Waals surface area (Å²) in [6, 6.07) is 4.09. The lowest BCUT2D eigenvalue weighted by Crippen LogP contribution is -2.21. The molecule has 0 N–H and O–H groups in total. The summed E-state index contributed by atoms with van der Waals surface area (Å²) in [4.78, 5) is 14.5. The number of carbonyl (C=O) groups excluding carboxylic acids is 1. The van der Waals surface area contributed by atoms with Crippen LogP contribution in [0.4, 0.5) is 0 Å². The molecule has 0 saturated heterocycles. The molecule has 0 spiro atoms. The van der Waals surface area contributed by atoms with Gasteiger partial charge in [-0.1, -0.05) is 0 Å². The molecular formula is C8H4ClNO3S. The van der Waals surface area contributed by atoms with E-state index in [9.17, 15) is 13.2 Å². The van der Waals surface area contributed by atoms with Crippen LogP contribution >= 0.6 is 10.7 Å². The molecule has 0 saturated carbocycles. The van der Waals surface area contributed by atoms with E-state index in [4.69, 9.17) is 10.7 Å². The van der Waals surface area contributed by atoms with E-state index in [0.29, 0.717) is 10.6 Å². The lowest BCUT2D eigenvalue weighted by molar-refractivity contribution is -0.112. The van der Waals surface area contributed by atoms with Crippen LogP contribution in [0.3, 0.4) is 0 Å². The quantitative estimate of drug-likeness (QED) is 0.613. The Bertz CT molecular complexity index is 633. The van der Waals surface area contributed by atoms with E-state index in [-0.39, 0.29) is 10.8 Å². The van der Waals surface area contributed by atoms with Crippen molar-refractivity contribution < 1.29 is 13.2 Å². The standard InChI is InChI=1S/C8H4ClNO3S/c9-14(12,13)6-1-2-7-5(3-6)4-8(11)10-7/h1-4H. The van der Waals surface area contributed by atoms with Crippen LogP contribution < -0.4 is 10.6 Å². The molecule has 1 heterocycles. The topological polar surface area (TPSA) is 63.6 Å². The highest BCUT2D eigenvalue weighted by Crippen LogP contribution is 2.10. The van der Waals surface area contributed by atoms with Gasteiger partial charge >= 0.3 is 0 Å². The third-order valence-electron chi connectivity index (χ3n) is 1.79. The molecular weight excluding hydrogens is 226 g/mol. The van der Waals surface area contributed by atoms with Gasteiger partial charge in [-0.25, -0.2) is 13.4 Å². The highest BCUT2D eigenvalue weighted by atomic mass is 35.7. The summed E-state index contributed by atoms with van der Waals surface area (Å²) in [5, 5.41) is 0.954. The van der Waals surface area contributed by atoms with Crippen LogP contribution in [0.5, 0.6) is 0 Å². The molecule has 0 bridgehead atoms. The van der Waals surface area contributed by atoms with Crippen molar-refractivity contribution in [3.8, 4) is 0 Å². The maximum Gasteiger partial charge on any atom is 0.270 e. The van der Waals surface area contributed by atoms with Gasteiger partial charge in [0.05, 0.1) is 10.3 Å². The zero-order chi connectivity index (χ0) is 10.3. The molecule has 1 aliphatic heterocycles. The van der Waals surface area contributed by atoms with Crippen molar-refractivity contribution >= 4 is 31.7 Å². The van der Waals surface area contributed by atoms with Crippen molar-refractivity contribution in [3.63, 3.8) is 0 Å². The average molecular weight is 230 g/mol. The van der Waals surface area contributed by atoms with Gasteiger partial charge in [-0.3, -0.25) is 4.79 Å². The highest BCUT2D eigenvalue weighted by molar-refractivity contribution is 8.13. The van der Waals surface area contributed by atoms with E-state index in [0.717, 1.165) is 0 Å². The van der Waals surface area contributed by atoms with Crippen molar-refractivity contribution in [2.45, 2.75) is 4.90 Å². The van der Waals surface area contributed by atoms with Crippen molar-refractivity contribution in [2.24, 2.45) is 4.99 Å². The van der Waals surface area contributed by atoms with Gasteiger partial charge in [-0.2, -0.15) is 0 Å². The van der Waals surface area contributed by atoms with Gasteiger partial charge in [0.15, 0.2) is 0 Å². The number of carbonyl (C=O) groups is 1. The molecule has 4 nitrogen and oxygen atoms in total. The third kappa shape index (κ3) is 1.56. The Kier molecular flexibility index (Phi) is 1.94. The Morgan fingerprint density at radius 3 is 2.64 bits per heavy atom. The zero-order valence-electron chi connectivity index (χ0n) is 6.77. The van der Waals surface area contributed by atoms with E-state index >= 15 is 0 Å². The van der Waals surface area contributed by atoms with Gasteiger partial charge in [-0.15, -0.1) is 0 Å². The number of hydrogen-bond acceptors (Lipinski definition) is 3. The fourth-order valence-electron chi connectivity index (χ4n) is 1.19. The van der Waals surface area contributed by atoms with Gasteiger partial charge in [0, 0.05) is 22.0 Å². The van der Waals surface area contributed by atoms with Crippen LogP contribution in [-0.2, 0) is 13.8 Å². The van der Waals surface area contributed by atoms with Crippen LogP contribution in [0.25, 0.3) is 6.08 Å². The van der Waals surface area contributed by atoms with Crippen LogP contribution in [0, 0.1) is 0 Å². The summed E-state index contributed by atoms with van der Waals surface area (Å²) in [5.74, 6) is -0.385. The van der Waals surface area contributed by atoms with Crippen LogP contribution in [-0.4, -0.2) is 14.3 Å². The average Bonchev–Trinajstić information content (AvgIpc) is 2.41. The van der Waals surface area contributed by atoms with E-state index in [2.05, 4.69) is 4.99 Å². The van der Waals surface area contributed by atoms with E-state index < -0.39 is 9.05 Å². The highest BCUT2D eigenvalue weighted by Gasteiger charge is 2.11. The molecule has 72 valence electrons. The first-order chi connectivity index (χ1) is 6.47. The number of fused-ring (bicyclic) bond motifs is 1. The van der Waals surface area contributed by atoms with Crippen molar-refractivity contribution in [3.05, 3.63) is 28.8 Å². The first-order valence-electron chi connectivity index (χ1n) is 3.66. The second-order valence-corrected chi connectivity index (χ2v) is 5.32. The molecule has 0 unspecified atom stereocenters. The number of benzene rings is 1. The Morgan fingerprint density at radius 2 is 2.00 bits per heavy atom. The van der Waals surface area contributed by atoms with Crippen molar-refractivity contribution in [2.75, 3.05) is 0 Å². The number of nitrogens with zero attached hydrogens (tertiary/aromatic N) is 1. The Hall–Kier alpha value is -1.20. The van der Waals surface area contributed by atoms with E-state index in [1.165, 1.54) is 24.3 Å². The summed E-state index contributed by atoms with van der Waals surface area (Å²) in [7, 11) is 1.40. The van der Waals surface area contributed by atoms with Crippen LogP contribution in [0.1, 0.15) is 0 Å². The molecule has 2 rings (SSSR count). The summed E-state index contributed by atoms with van der Waals surface area (Å²) in [6.07, 6.45) is 1.26. The van der Waals surface area contributed by atoms with Gasteiger partial charge in [-0.05, 0) is 18.2 Å². The summed E-state index contributed by atoms with van der Waals surface area (Å²) in [5.41, 5.74) is 0. The van der Waals surface area contributed by atoms with Crippen molar-refractivity contribution in [1.82, 2.24) is 0 Å². The van der Waals surface area contributed by atoms with Crippen LogP contribution in [0.2, 0.25) is 0 Å². The molecule has 1 amide bonds. The Balaban J connectivity index is 2.79. The second-order valence-electron chi connectivity index (χ2n) is 2.75. The monoisotopic (exact) mass is 229 g/mol. The molecule has 1 aromatic rings. The summed E-state index contributed by atoms with van der Waals surface area (Å²) in [6.45, 7) is 0. The number of hydrogen-bond donors (Lipinski definition) is 0. The first kappa shape index (κ1) is 9.36. The summed E-state index contributed by atoms with van der Waals surface area (Å²) < 4.78 is 21.9. The smallest absolute Gasteiger partial charge is 0.267 e. The molecule has 0 aromatic heterocycles. The minimum atomic E-state index is -3.74. The zero-order valence-corrected chi connectivity index (χ0v) is 8.34. The number of rotatable bonds is 1. The van der Waals surface area contributed by atoms with Crippen LogP contribution in [0.15, 0.2) is 28.1 Å². The molecule has 0 aliphatic carbocycles.